The highest BCUT2D eigenvalue weighted by Gasteiger charge is 2.10. The molecule has 0 saturated carbocycles. The van der Waals surface area contributed by atoms with E-state index in [1.54, 1.807) is 0 Å². The molecule has 2 N–H and O–H groups in total. The lowest BCUT2D eigenvalue weighted by Gasteiger charge is -2.16. The average molecular weight is 453 g/mol. The maximum atomic E-state index is 12.2. The molecule has 0 unspecified atom stereocenters. The van der Waals surface area contributed by atoms with Crippen LogP contribution in [0.25, 0.3) is 10.8 Å². The fraction of sp³-hybridized carbons (Fsp3) is 0.233. The number of anilines is 2. The number of aryl methyl sites for hydroxylation is 1. The van der Waals surface area contributed by atoms with Crippen molar-refractivity contribution in [3.05, 3.63) is 102 Å². The Balaban J connectivity index is 1.52. The van der Waals surface area contributed by atoms with E-state index in [2.05, 4.69) is 78.2 Å². The van der Waals surface area contributed by atoms with Crippen molar-refractivity contribution in [3.63, 3.8) is 0 Å². The molecule has 0 fully saturated rings. The Morgan fingerprint density at radius 3 is 2.44 bits per heavy atom. The Hall–Kier alpha value is -3.79. The third kappa shape index (κ3) is 6.16. The van der Waals surface area contributed by atoms with Gasteiger partial charge in [0.25, 0.3) is 0 Å². The number of hydrogen-bond acceptors (Lipinski definition) is 3. The van der Waals surface area contributed by atoms with E-state index < -0.39 is 0 Å². The zero-order valence-corrected chi connectivity index (χ0v) is 20.1. The SMILES string of the molecule is Cc1ccc(COc2ccc3ccccc3c2CNc2cccc(NC(=O)CC(C)C)c2)cc1. The molecular weight excluding hydrogens is 420 g/mol. The van der Waals surface area contributed by atoms with E-state index in [4.69, 9.17) is 4.74 Å². The monoisotopic (exact) mass is 452 g/mol. The number of carbonyl (C=O) groups excluding carboxylic acids is 1. The number of amides is 1. The lowest BCUT2D eigenvalue weighted by atomic mass is 10.0. The van der Waals surface area contributed by atoms with Crippen LogP contribution in [0.5, 0.6) is 5.75 Å². The van der Waals surface area contributed by atoms with Gasteiger partial charge >= 0.3 is 0 Å². The summed E-state index contributed by atoms with van der Waals surface area (Å²) < 4.78 is 6.28. The van der Waals surface area contributed by atoms with Crippen LogP contribution in [0.2, 0.25) is 0 Å². The summed E-state index contributed by atoms with van der Waals surface area (Å²) in [5.41, 5.74) is 5.23. The molecule has 4 heteroatoms. The summed E-state index contributed by atoms with van der Waals surface area (Å²) in [6.45, 7) is 7.29. The summed E-state index contributed by atoms with van der Waals surface area (Å²) in [5, 5.41) is 8.86. The molecule has 0 aromatic heterocycles. The van der Waals surface area contributed by atoms with E-state index in [-0.39, 0.29) is 5.91 Å². The summed E-state index contributed by atoms with van der Waals surface area (Å²) in [5.74, 6) is 1.23. The standard InChI is InChI=1S/C30H32N2O2/c1-21(2)17-30(33)32-26-9-6-8-25(18-26)31-19-28-27-10-5-4-7-24(27)15-16-29(28)34-20-23-13-11-22(3)12-14-23/h4-16,18,21,31H,17,19-20H2,1-3H3,(H,32,33). The first-order chi connectivity index (χ1) is 16.5. The lowest BCUT2D eigenvalue weighted by Crippen LogP contribution is -2.14. The smallest absolute Gasteiger partial charge is 0.224 e. The Bertz CT molecular complexity index is 1260. The summed E-state index contributed by atoms with van der Waals surface area (Å²) >= 11 is 0. The van der Waals surface area contributed by atoms with Crippen LogP contribution in [0.1, 0.15) is 37.0 Å². The van der Waals surface area contributed by atoms with Crippen LogP contribution >= 0.6 is 0 Å². The Labute approximate surface area is 202 Å². The van der Waals surface area contributed by atoms with Crippen molar-refractivity contribution in [1.29, 1.82) is 0 Å². The Kier molecular flexibility index (Phi) is 7.48. The molecule has 4 aromatic carbocycles. The normalized spacial score (nSPS) is 10.9. The highest BCUT2D eigenvalue weighted by Crippen LogP contribution is 2.30. The van der Waals surface area contributed by atoms with Gasteiger partial charge in [0.15, 0.2) is 0 Å². The van der Waals surface area contributed by atoms with Gasteiger partial charge in [-0.15, -0.1) is 0 Å². The maximum Gasteiger partial charge on any atom is 0.224 e. The minimum absolute atomic E-state index is 0.0352. The molecule has 0 spiro atoms. The van der Waals surface area contributed by atoms with E-state index in [1.807, 2.05) is 38.1 Å². The highest BCUT2D eigenvalue weighted by atomic mass is 16.5. The van der Waals surface area contributed by atoms with Crippen LogP contribution in [0.3, 0.4) is 0 Å². The molecule has 1 amide bonds. The predicted molar refractivity (Wildman–Crippen MR) is 141 cm³/mol. The molecule has 0 heterocycles. The first-order valence-electron chi connectivity index (χ1n) is 11.8. The van der Waals surface area contributed by atoms with Crippen LogP contribution in [0.15, 0.2) is 84.9 Å². The second-order valence-electron chi connectivity index (χ2n) is 9.12. The molecule has 34 heavy (non-hydrogen) atoms. The predicted octanol–water partition coefficient (Wildman–Crippen LogP) is 7.32. The van der Waals surface area contributed by atoms with Crippen molar-refractivity contribution in [3.8, 4) is 5.75 Å². The van der Waals surface area contributed by atoms with Crippen LogP contribution in [0, 0.1) is 12.8 Å². The number of nitrogens with one attached hydrogen (secondary N) is 2. The molecule has 4 nitrogen and oxygen atoms in total. The van der Waals surface area contributed by atoms with Gasteiger partial charge in [-0.25, -0.2) is 0 Å². The number of carbonyl (C=O) groups is 1. The Morgan fingerprint density at radius 2 is 1.65 bits per heavy atom. The molecule has 0 radical (unpaired) electrons. The third-order valence-corrected chi connectivity index (χ3v) is 5.72. The second-order valence-corrected chi connectivity index (χ2v) is 9.12. The van der Waals surface area contributed by atoms with Crippen LogP contribution in [-0.4, -0.2) is 5.91 Å². The fourth-order valence-corrected chi connectivity index (χ4v) is 3.96. The van der Waals surface area contributed by atoms with Crippen molar-refractivity contribution in [2.75, 3.05) is 10.6 Å². The van der Waals surface area contributed by atoms with E-state index in [9.17, 15) is 4.79 Å². The van der Waals surface area contributed by atoms with Crippen molar-refractivity contribution in [1.82, 2.24) is 0 Å². The average Bonchev–Trinajstić information content (AvgIpc) is 2.82. The Morgan fingerprint density at radius 1 is 0.882 bits per heavy atom. The molecule has 174 valence electrons. The zero-order chi connectivity index (χ0) is 23.9. The van der Waals surface area contributed by atoms with Gasteiger partial charge in [-0.3, -0.25) is 4.79 Å². The fourth-order valence-electron chi connectivity index (χ4n) is 3.96. The minimum atomic E-state index is 0.0352. The molecule has 0 aliphatic rings. The molecule has 0 atom stereocenters. The largest absolute Gasteiger partial charge is 0.489 e. The summed E-state index contributed by atoms with van der Waals surface area (Å²) in [6.07, 6.45) is 0.509. The lowest BCUT2D eigenvalue weighted by molar-refractivity contribution is -0.116. The van der Waals surface area contributed by atoms with E-state index in [1.165, 1.54) is 10.9 Å². The first-order valence-corrected chi connectivity index (χ1v) is 11.8. The molecule has 4 rings (SSSR count). The summed E-state index contributed by atoms with van der Waals surface area (Å²) in [7, 11) is 0. The summed E-state index contributed by atoms with van der Waals surface area (Å²) in [4.78, 5) is 12.2. The van der Waals surface area contributed by atoms with E-state index >= 15 is 0 Å². The van der Waals surface area contributed by atoms with Gasteiger partial charge in [0.1, 0.15) is 12.4 Å². The quantitative estimate of drug-likeness (QED) is 0.280. The molecule has 0 aliphatic carbocycles. The number of benzene rings is 4. The molecule has 0 bridgehead atoms. The number of rotatable bonds is 9. The highest BCUT2D eigenvalue weighted by molar-refractivity contribution is 5.91. The summed E-state index contributed by atoms with van der Waals surface area (Å²) in [6, 6.07) is 28.8. The van der Waals surface area contributed by atoms with Crippen LogP contribution in [-0.2, 0) is 17.9 Å². The zero-order valence-electron chi connectivity index (χ0n) is 20.1. The van der Waals surface area contributed by atoms with Crippen molar-refractivity contribution in [2.24, 2.45) is 5.92 Å². The maximum absolute atomic E-state index is 12.2. The van der Waals surface area contributed by atoms with Gasteiger partial charge in [-0.05, 0) is 53.4 Å². The van der Waals surface area contributed by atoms with Crippen molar-refractivity contribution >= 4 is 28.1 Å². The van der Waals surface area contributed by atoms with Crippen LogP contribution < -0.4 is 15.4 Å². The molecular formula is C30H32N2O2. The number of fused-ring (bicyclic) bond motifs is 1. The topological polar surface area (TPSA) is 50.4 Å². The van der Waals surface area contributed by atoms with Gasteiger partial charge in [0, 0.05) is 29.9 Å². The van der Waals surface area contributed by atoms with E-state index in [0.717, 1.165) is 33.6 Å². The molecule has 4 aromatic rings. The van der Waals surface area contributed by atoms with Crippen molar-refractivity contribution in [2.45, 2.75) is 40.3 Å². The van der Waals surface area contributed by atoms with Gasteiger partial charge in [-0.1, -0.05) is 80.1 Å². The van der Waals surface area contributed by atoms with Gasteiger partial charge in [0.2, 0.25) is 5.91 Å². The van der Waals surface area contributed by atoms with Crippen LogP contribution in [0.4, 0.5) is 11.4 Å². The van der Waals surface area contributed by atoms with Gasteiger partial charge < -0.3 is 15.4 Å². The first kappa shape index (κ1) is 23.4. The number of ether oxygens (including phenoxy) is 1. The third-order valence-electron chi connectivity index (χ3n) is 5.72. The van der Waals surface area contributed by atoms with E-state index in [0.29, 0.717) is 25.5 Å². The molecule has 0 aliphatic heterocycles. The minimum Gasteiger partial charge on any atom is -0.489 e. The number of hydrogen-bond donors (Lipinski definition) is 2. The van der Waals surface area contributed by atoms with Gasteiger partial charge in [-0.2, -0.15) is 0 Å². The van der Waals surface area contributed by atoms with Crippen molar-refractivity contribution < 1.29 is 9.53 Å². The second kappa shape index (κ2) is 10.9. The van der Waals surface area contributed by atoms with Gasteiger partial charge in [0.05, 0.1) is 0 Å². The molecule has 0 saturated heterocycles.